The molecule has 1 amide bonds. The molecule has 1 spiro atoms. The van der Waals surface area contributed by atoms with E-state index in [1.807, 2.05) is 29.3 Å². The van der Waals surface area contributed by atoms with Gasteiger partial charge in [0, 0.05) is 53.2 Å². The topological polar surface area (TPSA) is 66.1 Å². The van der Waals surface area contributed by atoms with Gasteiger partial charge in [0.1, 0.15) is 5.65 Å². The number of H-pyrrole nitrogens is 1. The molecule has 0 unspecified atom stereocenters. The number of likely N-dealkylation sites (tertiary alicyclic amines) is 1. The normalized spacial score (nSPS) is 27.2. The summed E-state index contributed by atoms with van der Waals surface area (Å²) in [6.07, 6.45) is 8.75. The molecule has 6 heteroatoms. The fourth-order valence-corrected chi connectivity index (χ4v) is 6.57. The standard InChI is InChI=1S/C23H19N3O2S/c1-12-11-29-21-17(27)8-18-23(20(12)21)13(2)16(23)10-26(18)19(28)6-5-14-9-25-22-15(14)4-3-7-24-22/h3-9,11,13,16H,10H2,1-2H3,(H,24,25)/b6-5+/t13-,16+,23+/m0/s1. The number of amides is 1. The second kappa shape index (κ2) is 5.54. The average molecular weight is 401 g/mol. The Balaban J connectivity index is 1.36. The number of hydrogen-bond donors (Lipinski definition) is 1. The molecule has 0 aromatic carbocycles. The number of aryl methyl sites for hydroxylation is 1. The van der Waals surface area contributed by atoms with Crippen LogP contribution in [0.3, 0.4) is 0 Å². The Hall–Kier alpha value is -2.99. The van der Waals surface area contributed by atoms with Crippen LogP contribution >= 0.6 is 11.3 Å². The number of piperidine rings is 1. The molecule has 2 aliphatic carbocycles. The van der Waals surface area contributed by atoms with Gasteiger partial charge in [0.25, 0.3) is 5.91 Å². The molecule has 1 aliphatic heterocycles. The van der Waals surface area contributed by atoms with Crippen LogP contribution in [0.5, 0.6) is 0 Å². The number of allylic oxidation sites excluding steroid dienone is 2. The van der Waals surface area contributed by atoms with E-state index in [2.05, 4.69) is 29.2 Å². The van der Waals surface area contributed by atoms with Crippen LogP contribution in [0.2, 0.25) is 0 Å². The Morgan fingerprint density at radius 2 is 2.31 bits per heavy atom. The van der Waals surface area contributed by atoms with Gasteiger partial charge in [-0.25, -0.2) is 4.98 Å². The Labute approximate surface area is 171 Å². The molecule has 3 aromatic heterocycles. The van der Waals surface area contributed by atoms with Crippen molar-refractivity contribution in [2.24, 2.45) is 11.8 Å². The number of pyridine rings is 1. The zero-order valence-electron chi connectivity index (χ0n) is 16.1. The Morgan fingerprint density at radius 3 is 3.17 bits per heavy atom. The maximum Gasteiger partial charge on any atom is 0.250 e. The van der Waals surface area contributed by atoms with E-state index in [0.717, 1.165) is 27.2 Å². The van der Waals surface area contributed by atoms with Gasteiger partial charge in [0.2, 0.25) is 0 Å². The molecule has 2 fully saturated rings. The molecule has 1 N–H and O–H groups in total. The maximum atomic E-state index is 13.1. The predicted octanol–water partition coefficient (Wildman–Crippen LogP) is 4.07. The van der Waals surface area contributed by atoms with Crippen molar-refractivity contribution in [3.8, 4) is 0 Å². The number of carbonyl (C=O) groups is 2. The van der Waals surface area contributed by atoms with Crippen molar-refractivity contribution in [1.82, 2.24) is 14.9 Å². The monoisotopic (exact) mass is 401 g/mol. The van der Waals surface area contributed by atoms with Crippen molar-refractivity contribution < 1.29 is 9.59 Å². The molecular formula is C23H19N3O2S. The molecule has 0 bridgehead atoms. The van der Waals surface area contributed by atoms with Gasteiger partial charge in [-0.2, -0.15) is 0 Å². The highest BCUT2D eigenvalue weighted by molar-refractivity contribution is 7.12. The first-order chi connectivity index (χ1) is 14.0. The molecule has 3 atom stereocenters. The zero-order chi connectivity index (χ0) is 19.9. The van der Waals surface area contributed by atoms with Gasteiger partial charge < -0.3 is 9.88 Å². The van der Waals surface area contributed by atoms with Gasteiger partial charge in [0.05, 0.1) is 4.88 Å². The summed E-state index contributed by atoms with van der Waals surface area (Å²) in [5.74, 6) is 0.811. The van der Waals surface area contributed by atoms with E-state index >= 15 is 0 Å². The highest BCUT2D eigenvalue weighted by Crippen LogP contribution is 2.71. The summed E-state index contributed by atoms with van der Waals surface area (Å²) in [4.78, 5) is 35.9. The number of aromatic amines is 1. The van der Waals surface area contributed by atoms with Crippen LogP contribution in [-0.2, 0) is 10.2 Å². The second-order valence-corrected chi connectivity index (χ2v) is 9.09. The lowest BCUT2D eigenvalue weighted by atomic mass is 9.82. The number of thiophene rings is 1. The van der Waals surface area contributed by atoms with E-state index in [-0.39, 0.29) is 17.1 Å². The minimum atomic E-state index is -0.151. The number of nitrogens with one attached hydrogen (secondary N) is 1. The lowest BCUT2D eigenvalue weighted by molar-refractivity contribution is -0.124. The van der Waals surface area contributed by atoms with E-state index in [9.17, 15) is 9.59 Å². The van der Waals surface area contributed by atoms with Crippen molar-refractivity contribution in [2.75, 3.05) is 6.54 Å². The summed E-state index contributed by atoms with van der Waals surface area (Å²) < 4.78 is 0. The van der Waals surface area contributed by atoms with Crippen molar-refractivity contribution in [3.05, 3.63) is 69.3 Å². The SMILES string of the molecule is Cc1csc2c1[C@@]13C(=CC2=O)N(C(=O)/C=C/c2c[nH]c4ncccc24)C[C@@H]1[C@@H]3C. The van der Waals surface area contributed by atoms with Gasteiger partial charge in [-0.1, -0.05) is 6.92 Å². The maximum absolute atomic E-state index is 13.1. The van der Waals surface area contributed by atoms with Crippen molar-refractivity contribution in [2.45, 2.75) is 19.3 Å². The van der Waals surface area contributed by atoms with E-state index in [4.69, 9.17) is 0 Å². The number of fused-ring (bicyclic) bond motifs is 2. The zero-order valence-corrected chi connectivity index (χ0v) is 16.9. The van der Waals surface area contributed by atoms with Crippen LogP contribution in [0.25, 0.3) is 17.1 Å². The first kappa shape index (κ1) is 16.9. The molecule has 4 heterocycles. The van der Waals surface area contributed by atoms with Crippen LogP contribution in [0, 0.1) is 18.8 Å². The molecule has 0 radical (unpaired) electrons. The van der Waals surface area contributed by atoms with Crippen LogP contribution < -0.4 is 0 Å². The average Bonchev–Trinajstić information content (AvgIpc) is 3.16. The third-order valence-electron chi connectivity index (χ3n) is 6.93. The molecule has 6 rings (SSSR count). The number of nitrogens with zero attached hydrogens (tertiary/aromatic N) is 2. The molecule has 1 saturated heterocycles. The van der Waals surface area contributed by atoms with E-state index in [1.165, 1.54) is 22.5 Å². The molecule has 29 heavy (non-hydrogen) atoms. The third kappa shape index (κ3) is 2.02. The molecule has 144 valence electrons. The number of rotatable bonds is 2. The van der Waals surface area contributed by atoms with Crippen LogP contribution in [-0.4, -0.2) is 33.1 Å². The molecular weight excluding hydrogens is 382 g/mol. The summed E-state index contributed by atoms with van der Waals surface area (Å²) in [5.41, 5.74) is 4.82. The number of aromatic nitrogens is 2. The van der Waals surface area contributed by atoms with Gasteiger partial charge in [-0.3, -0.25) is 9.59 Å². The third-order valence-corrected chi connectivity index (χ3v) is 8.04. The quantitative estimate of drug-likeness (QED) is 0.658. The van der Waals surface area contributed by atoms with Crippen LogP contribution in [0.1, 0.15) is 33.3 Å². The summed E-state index contributed by atoms with van der Waals surface area (Å²) in [6, 6.07) is 3.86. The van der Waals surface area contributed by atoms with Gasteiger partial charge in [-0.15, -0.1) is 11.3 Å². The summed E-state index contributed by atoms with van der Waals surface area (Å²) in [5, 5.41) is 3.06. The fraction of sp³-hybridized carbons (Fsp3) is 0.261. The first-order valence-corrected chi connectivity index (χ1v) is 10.7. The number of hydrogen-bond acceptors (Lipinski definition) is 4. The Morgan fingerprint density at radius 1 is 1.45 bits per heavy atom. The first-order valence-electron chi connectivity index (χ1n) is 9.80. The van der Waals surface area contributed by atoms with Gasteiger partial charge in [0.15, 0.2) is 5.78 Å². The molecule has 1 saturated carbocycles. The van der Waals surface area contributed by atoms with Crippen LogP contribution in [0.4, 0.5) is 0 Å². The van der Waals surface area contributed by atoms with E-state index in [0.29, 0.717) is 18.4 Å². The summed E-state index contributed by atoms with van der Waals surface area (Å²) in [6.45, 7) is 5.00. The molecule has 3 aromatic rings. The largest absolute Gasteiger partial charge is 0.346 e. The predicted molar refractivity (Wildman–Crippen MR) is 113 cm³/mol. The minimum absolute atomic E-state index is 0.0305. The Kier molecular flexibility index (Phi) is 3.23. The second-order valence-electron chi connectivity index (χ2n) is 8.21. The van der Waals surface area contributed by atoms with Crippen molar-refractivity contribution >= 4 is 40.1 Å². The van der Waals surface area contributed by atoms with Crippen molar-refractivity contribution in [1.29, 1.82) is 0 Å². The van der Waals surface area contributed by atoms with Gasteiger partial charge in [-0.05, 0) is 53.5 Å². The fourth-order valence-electron chi connectivity index (χ4n) is 5.54. The highest BCUT2D eigenvalue weighted by atomic mass is 32.1. The number of carbonyl (C=O) groups excluding carboxylic acids is 2. The summed E-state index contributed by atoms with van der Waals surface area (Å²) in [7, 11) is 0. The molecule has 5 nitrogen and oxygen atoms in total. The smallest absolute Gasteiger partial charge is 0.250 e. The number of ketones is 1. The van der Waals surface area contributed by atoms with Gasteiger partial charge >= 0.3 is 0 Å². The lowest BCUT2D eigenvalue weighted by Gasteiger charge is -2.29. The highest BCUT2D eigenvalue weighted by Gasteiger charge is 2.73. The van der Waals surface area contributed by atoms with Crippen molar-refractivity contribution in [3.63, 3.8) is 0 Å². The van der Waals surface area contributed by atoms with E-state index in [1.54, 1.807) is 18.3 Å². The minimum Gasteiger partial charge on any atom is -0.346 e. The lowest BCUT2D eigenvalue weighted by Crippen LogP contribution is -2.34. The summed E-state index contributed by atoms with van der Waals surface area (Å²) >= 11 is 1.53. The van der Waals surface area contributed by atoms with Crippen LogP contribution in [0.15, 0.2) is 47.8 Å². The molecule has 3 aliphatic rings. The Bertz CT molecular complexity index is 1280. The van der Waals surface area contributed by atoms with E-state index < -0.39 is 0 Å².